The van der Waals surface area contributed by atoms with Crippen LogP contribution in [0.3, 0.4) is 0 Å². The molecule has 0 fully saturated rings. The van der Waals surface area contributed by atoms with Crippen LogP contribution in [0.4, 0.5) is 13.2 Å². The minimum absolute atomic E-state index is 0.0247. The van der Waals surface area contributed by atoms with Crippen molar-refractivity contribution in [2.24, 2.45) is 0 Å². The molecule has 0 aromatic heterocycles. The zero-order chi connectivity index (χ0) is 18.0. The summed E-state index contributed by atoms with van der Waals surface area (Å²) in [5.74, 6) is 0.157. The molecule has 25 heavy (non-hydrogen) atoms. The van der Waals surface area contributed by atoms with Gasteiger partial charge in [-0.2, -0.15) is 13.2 Å². The molecule has 0 spiro atoms. The fourth-order valence-corrected chi connectivity index (χ4v) is 2.56. The van der Waals surface area contributed by atoms with E-state index in [-0.39, 0.29) is 12.2 Å². The highest BCUT2D eigenvalue weighted by atomic mass is 35.5. The van der Waals surface area contributed by atoms with Crippen molar-refractivity contribution < 1.29 is 32.2 Å². The maximum absolute atomic E-state index is 12.5. The van der Waals surface area contributed by atoms with Gasteiger partial charge in [0.25, 0.3) is 0 Å². The number of hydrogen-bond acceptors (Lipinski definition) is 4. The summed E-state index contributed by atoms with van der Waals surface area (Å²) in [7, 11) is 0. The maximum Gasteiger partial charge on any atom is 0.416 e. The lowest BCUT2D eigenvalue weighted by atomic mass is 10.1. The molecule has 4 nitrogen and oxygen atoms in total. The molecule has 2 aromatic carbocycles. The average molecular weight is 373 g/mol. The third kappa shape index (κ3) is 3.99. The number of fused-ring (bicyclic) bond motifs is 1. The van der Waals surface area contributed by atoms with Gasteiger partial charge in [-0.25, -0.2) is 4.79 Å². The van der Waals surface area contributed by atoms with Crippen molar-refractivity contribution in [3.8, 4) is 11.5 Å². The Balaban J connectivity index is 1.67. The van der Waals surface area contributed by atoms with E-state index in [1.807, 2.05) is 0 Å². The van der Waals surface area contributed by atoms with Gasteiger partial charge in [0, 0.05) is 0 Å². The highest BCUT2D eigenvalue weighted by Crippen LogP contribution is 2.38. The molecule has 0 atom stereocenters. The van der Waals surface area contributed by atoms with E-state index in [4.69, 9.17) is 25.8 Å². The van der Waals surface area contributed by atoms with Crippen LogP contribution < -0.4 is 9.47 Å². The van der Waals surface area contributed by atoms with E-state index < -0.39 is 17.7 Å². The fraction of sp³-hybridized carbons (Fsp3) is 0.235. The topological polar surface area (TPSA) is 44.8 Å². The first-order valence-corrected chi connectivity index (χ1v) is 7.65. The van der Waals surface area contributed by atoms with Crippen molar-refractivity contribution in [3.05, 3.63) is 58.1 Å². The number of carbonyl (C=O) groups excluding carboxylic acids is 1. The molecule has 0 N–H and O–H groups in total. The minimum Gasteiger partial charge on any atom is -0.486 e. The third-order valence-corrected chi connectivity index (χ3v) is 3.76. The molecule has 0 saturated heterocycles. The van der Waals surface area contributed by atoms with E-state index in [0.29, 0.717) is 35.3 Å². The van der Waals surface area contributed by atoms with Crippen molar-refractivity contribution in [3.63, 3.8) is 0 Å². The largest absolute Gasteiger partial charge is 0.486 e. The van der Waals surface area contributed by atoms with E-state index in [0.717, 1.165) is 24.3 Å². The van der Waals surface area contributed by atoms with Gasteiger partial charge in [-0.05, 0) is 42.0 Å². The smallest absolute Gasteiger partial charge is 0.416 e. The first kappa shape index (κ1) is 17.4. The van der Waals surface area contributed by atoms with Crippen LogP contribution in [-0.4, -0.2) is 19.2 Å². The summed E-state index contributed by atoms with van der Waals surface area (Å²) in [6.07, 6.45) is -4.45. The van der Waals surface area contributed by atoms with Crippen molar-refractivity contribution >= 4 is 17.6 Å². The molecule has 132 valence electrons. The second-order valence-electron chi connectivity index (χ2n) is 5.25. The molecule has 0 saturated carbocycles. The van der Waals surface area contributed by atoms with Gasteiger partial charge < -0.3 is 14.2 Å². The molecule has 0 amide bonds. The second kappa shape index (κ2) is 6.84. The number of esters is 1. The van der Waals surface area contributed by atoms with E-state index in [2.05, 4.69) is 0 Å². The summed E-state index contributed by atoms with van der Waals surface area (Å²) < 4.78 is 53.5. The molecular weight excluding hydrogens is 361 g/mol. The zero-order valence-corrected chi connectivity index (χ0v) is 13.5. The molecule has 0 bridgehead atoms. The van der Waals surface area contributed by atoms with Crippen LogP contribution >= 0.6 is 11.6 Å². The lowest BCUT2D eigenvalue weighted by Crippen LogP contribution is -2.16. The molecule has 2 aromatic rings. The lowest BCUT2D eigenvalue weighted by molar-refractivity contribution is -0.137. The quantitative estimate of drug-likeness (QED) is 0.745. The Morgan fingerprint density at radius 3 is 2.48 bits per heavy atom. The molecule has 0 aliphatic carbocycles. The van der Waals surface area contributed by atoms with Crippen LogP contribution in [0.15, 0.2) is 36.4 Å². The van der Waals surface area contributed by atoms with E-state index >= 15 is 0 Å². The van der Waals surface area contributed by atoms with Crippen molar-refractivity contribution in [2.45, 2.75) is 12.8 Å². The maximum atomic E-state index is 12.5. The Morgan fingerprint density at radius 1 is 1.12 bits per heavy atom. The number of benzene rings is 2. The van der Waals surface area contributed by atoms with Gasteiger partial charge in [-0.3, -0.25) is 0 Å². The van der Waals surface area contributed by atoms with Crippen LogP contribution in [-0.2, 0) is 17.5 Å². The summed E-state index contributed by atoms with van der Waals surface area (Å²) in [5, 5.41) is 0.331. The van der Waals surface area contributed by atoms with E-state index in [1.165, 1.54) is 0 Å². The number of carbonyl (C=O) groups is 1. The normalized spacial score (nSPS) is 13.4. The van der Waals surface area contributed by atoms with Crippen molar-refractivity contribution in [2.75, 3.05) is 13.2 Å². The summed E-state index contributed by atoms with van der Waals surface area (Å²) in [6.45, 7) is 0.684. The van der Waals surface area contributed by atoms with Crippen LogP contribution in [0.1, 0.15) is 21.5 Å². The van der Waals surface area contributed by atoms with Crippen LogP contribution in [0.25, 0.3) is 0 Å². The van der Waals surface area contributed by atoms with Crippen LogP contribution in [0, 0.1) is 0 Å². The number of rotatable bonds is 3. The standard InChI is InChI=1S/C17H12ClF3O4/c18-13-7-10(8-14-15(13)24-6-5-23-14)9-25-16(22)11-1-3-12(4-2-11)17(19,20)21/h1-4,7-8H,5-6,9H2. The predicted molar refractivity (Wildman–Crippen MR) is 83.0 cm³/mol. The molecule has 0 unspecified atom stereocenters. The Bertz CT molecular complexity index is 788. The minimum atomic E-state index is -4.45. The SMILES string of the molecule is O=C(OCc1cc(Cl)c2c(c1)OCCO2)c1ccc(C(F)(F)F)cc1. The Morgan fingerprint density at radius 2 is 1.80 bits per heavy atom. The summed E-state index contributed by atoms with van der Waals surface area (Å²) >= 11 is 6.09. The van der Waals surface area contributed by atoms with Gasteiger partial charge in [0.1, 0.15) is 19.8 Å². The molecule has 1 aliphatic rings. The number of hydrogen-bond donors (Lipinski definition) is 0. The van der Waals surface area contributed by atoms with Gasteiger partial charge in [-0.15, -0.1) is 0 Å². The lowest BCUT2D eigenvalue weighted by Gasteiger charge is -2.20. The van der Waals surface area contributed by atoms with Crippen molar-refractivity contribution in [1.29, 1.82) is 0 Å². The van der Waals surface area contributed by atoms with Gasteiger partial charge in [0.05, 0.1) is 16.1 Å². The zero-order valence-electron chi connectivity index (χ0n) is 12.7. The molecule has 1 aliphatic heterocycles. The molecular formula is C17H12ClF3O4. The Labute approximate surface area is 146 Å². The monoisotopic (exact) mass is 372 g/mol. The average Bonchev–Trinajstić information content (AvgIpc) is 2.59. The first-order valence-electron chi connectivity index (χ1n) is 7.27. The summed E-state index contributed by atoms with van der Waals surface area (Å²) in [5.41, 5.74) is -0.228. The molecule has 1 heterocycles. The highest BCUT2D eigenvalue weighted by molar-refractivity contribution is 6.32. The molecule has 0 radical (unpaired) electrons. The number of halogens is 4. The number of alkyl halides is 3. The van der Waals surface area contributed by atoms with Gasteiger partial charge in [0.15, 0.2) is 11.5 Å². The number of ether oxygens (including phenoxy) is 3. The van der Waals surface area contributed by atoms with E-state index in [1.54, 1.807) is 12.1 Å². The van der Waals surface area contributed by atoms with Gasteiger partial charge in [0.2, 0.25) is 0 Å². The first-order chi connectivity index (χ1) is 11.8. The van der Waals surface area contributed by atoms with Crippen LogP contribution in [0.5, 0.6) is 11.5 Å². The van der Waals surface area contributed by atoms with Gasteiger partial charge >= 0.3 is 12.1 Å². The fourth-order valence-electron chi connectivity index (χ4n) is 2.28. The highest BCUT2D eigenvalue weighted by Gasteiger charge is 2.30. The summed E-state index contributed by atoms with van der Waals surface area (Å²) in [6, 6.07) is 7.02. The molecule has 8 heteroatoms. The van der Waals surface area contributed by atoms with Crippen LogP contribution in [0.2, 0.25) is 5.02 Å². The van der Waals surface area contributed by atoms with E-state index in [9.17, 15) is 18.0 Å². The Hall–Kier alpha value is -2.41. The molecule has 3 rings (SSSR count). The third-order valence-electron chi connectivity index (χ3n) is 3.47. The van der Waals surface area contributed by atoms with Crippen molar-refractivity contribution in [1.82, 2.24) is 0 Å². The van der Waals surface area contributed by atoms with Gasteiger partial charge in [-0.1, -0.05) is 11.6 Å². The predicted octanol–water partition coefficient (Wildman–Crippen LogP) is 4.49. The Kier molecular flexibility index (Phi) is 4.76. The summed E-state index contributed by atoms with van der Waals surface area (Å²) in [4.78, 5) is 12.0. The second-order valence-corrected chi connectivity index (χ2v) is 5.66.